The molecular weight excluding hydrogens is 392 g/mol. The van der Waals surface area contributed by atoms with Crippen molar-refractivity contribution >= 4 is 43.9 Å². The van der Waals surface area contributed by atoms with Crippen LogP contribution in [0.1, 0.15) is 29.1 Å². The summed E-state index contributed by atoms with van der Waals surface area (Å²) in [6.45, 7) is 4.97. The molecule has 10 heteroatoms. The van der Waals surface area contributed by atoms with Gasteiger partial charge in [0.25, 0.3) is 10.0 Å². The first kappa shape index (κ1) is 20.7. The number of sulfonamides is 1. The second-order valence-electron chi connectivity index (χ2n) is 5.49. The monoisotopic (exact) mass is 412 g/mol. The zero-order chi connectivity index (χ0) is 20.2. The summed E-state index contributed by atoms with van der Waals surface area (Å²) in [6.07, 6.45) is 0. The van der Waals surface area contributed by atoms with E-state index in [0.29, 0.717) is 21.1 Å². The van der Waals surface area contributed by atoms with Gasteiger partial charge in [0.05, 0.1) is 24.3 Å². The Morgan fingerprint density at radius 1 is 1.22 bits per heavy atom. The predicted octanol–water partition coefficient (Wildman–Crippen LogP) is 3.00. The van der Waals surface area contributed by atoms with Crippen LogP contribution in [-0.2, 0) is 19.6 Å². The van der Waals surface area contributed by atoms with E-state index < -0.39 is 16.0 Å². The minimum atomic E-state index is -3.92. The van der Waals surface area contributed by atoms with E-state index >= 15 is 0 Å². The van der Waals surface area contributed by atoms with Crippen molar-refractivity contribution in [2.45, 2.75) is 25.7 Å². The quantitative estimate of drug-likeness (QED) is 0.677. The summed E-state index contributed by atoms with van der Waals surface area (Å²) in [5.74, 6) is -0.586. The maximum Gasteiger partial charge on any atom is 0.348 e. The third-order valence-corrected chi connectivity index (χ3v) is 6.03. The number of benzene rings is 1. The Morgan fingerprint density at radius 3 is 2.52 bits per heavy atom. The fourth-order valence-corrected chi connectivity index (χ4v) is 4.52. The molecule has 0 fully saturated rings. The number of hydrogen-bond donors (Lipinski definition) is 2. The predicted molar refractivity (Wildman–Crippen MR) is 103 cm³/mol. The van der Waals surface area contributed by atoms with Crippen molar-refractivity contribution in [2.24, 2.45) is 0 Å². The van der Waals surface area contributed by atoms with Gasteiger partial charge in [0.15, 0.2) is 0 Å². The Balaban J connectivity index is 2.30. The summed E-state index contributed by atoms with van der Waals surface area (Å²) < 4.78 is 37.9. The highest BCUT2D eigenvalue weighted by atomic mass is 32.2. The van der Waals surface area contributed by atoms with Crippen LogP contribution in [0.15, 0.2) is 29.2 Å². The number of hydrogen-bond acceptors (Lipinski definition) is 7. The van der Waals surface area contributed by atoms with Gasteiger partial charge in [0.2, 0.25) is 5.91 Å². The van der Waals surface area contributed by atoms with Crippen molar-refractivity contribution in [3.05, 3.63) is 34.7 Å². The SMILES string of the molecule is CCOC(=O)c1sc(NS(=O)(=O)c2ccc(NC(C)=O)c(OC)c2)cc1C. The van der Waals surface area contributed by atoms with Crippen LogP contribution in [0.4, 0.5) is 10.7 Å². The van der Waals surface area contributed by atoms with Gasteiger partial charge in [-0.2, -0.15) is 0 Å². The van der Waals surface area contributed by atoms with Crippen LogP contribution in [0.3, 0.4) is 0 Å². The summed E-state index contributed by atoms with van der Waals surface area (Å²) >= 11 is 0.998. The zero-order valence-corrected chi connectivity index (χ0v) is 16.9. The molecule has 0 atom stereocenters. The van der Waals surface area contributed by atoms with Gasteiger partial charge in [-0.3, -0.25) is 9.52 Å². The van der Waals surface area contributed by atoms with Crippen molar-refractivity contribution in [3.8, 4) is 5.75 Å². The molecule has 2 rings (SSSR count). The molecule has 0 aliphatic carbocycles. The summed E-state index contributed by atoms with van der Waals surface area (Å²) in [7, 11) is -2.54. The van der Waals surface area contributed by atoms with Gasteiger partial charge in [-0.25, -0.2) is 13.2 Å². The molecule has 0 aliphatic rings. The Labute approximate surface area is 161 Å². The molecule has 1 aromatic heterocycles. The van der Waals surface area contributed by atoms with E-state index in [-0.39, 0.29) is 23.2 Å². The number of rotatable bonds is 7. The third-order valence-electron chi connectivity index (χ3n) is 3.41. The van der Waals surface area contributed by atoms with E-state index in [1.807, 2.05) is 0 Å². The molecule has 2 aromatic rings. The summed E-state index contributed by atoms with van der Waals surface area (Å²) in [6, 6.07) is 5.67. The molecule has 8 nitrogen and oxygen atoms in total. The van der Waals surface area contributed by atoms with E-state index in [1.165, 1.54) is 32.2 Å². The van der Waals surface area contributed by atoms with E-state index in [2.05, 4.69) is 10.0 Å². The smallest absolute Gasteiger partial charge is 0.348 e. The van der Waals surface area contributed by atoms with Gasteiger partial charge in [-0.15, -0.1) is 11.3 Å². The lowest BCUT2D eigenvalue weighted by Crippen LogP contribution is -2.13. The number of thiophene rings is 1. The van der Waals surface area contributed by atoms with Gasteiger partial charge >= 0.3 is 5.97 Å². The van der Waals surface area contributed by atoms with E-state index in [0.717, 1.165) is 11.3 Å². The number of anilines is 2. The first-order valence-electron chi connectivity index (χ1n) is 7.94. The van der Waals surface area contributed by atoms with Crippen LogP contribution in [0.5, 0.6) is 5.75 Å². The van der Waals surface area contributed by atoms with Crippen molar-refractivity contribution in [2.75, 3.05) is 23.8 Å². The van der Waals surface area contributed by atoms with Crippen molar-refractivity contribution in [1.29, 1.82) is 0 Å². The zero-order valence-electron chi connectivity index (χ0n) is 15.3. The number of methoxy groups -OCH3 is 1. The number of aryl methyl sites for hydroxylation is 1. The second-order valence-corrected chi connectivity index (χ2v) is 8.23. The minimum Gasteiger partial charge on any atom is -0.495 e. The van der Waals surface area contributed by atoms with Crippen molar-refractivity contribution in [3.63, 3.8) is 0 Å². The third kappa shape index (κ3) is 4.98. The molecule has 0 aliphatic heterocycles. The Bertz CT molecular complexity index is 966. The Morgan fingerprint density at radius 2 is 1.93 bits per heavy atom. The molecule has 146 valence electrons. The van der Waals surface area contributed by atoms with Gasteiger partial charge < -0.3 is 14.8 Å². The first-order chi connectivity index (χ1) is 12.7. The summed E-state index contributed by atoms with van der Waals surface area (Å²) in [5.41, 5.74) is 0.982. The second kappa shape index (κ2) is 8.40. The van der Waals surface area contributed by atoms with Crippen LogP contribution < -0.4 is 14.8 Å². The van der Waals surface area contributed by atoms with Crippen molar-refractivity contribution < 1.29 is 27.5 Å². The largest absolute Gasteiger partial charge is 0.495 e. The molecule has 2 N–H and O–H groups in total. The molecule has 0 bridgehead atoms. The van der Waals surface area contributed by atoms with E-state index in [4.69, 9.17) is 9.47 Å². The lowest BCUT2D eigenvalue weighted by atomic mass is 10.3. The molecule has 0 spiro atoms. The van der Waals surface area contributed by atoms with Crippen LogP contribution in [0, 0.1) is 6.92 Å². The van der Waals surface area contributed by atoms with Crippen LogP contribution in [0.25, 0.3) is 0 Å². The van der Waals surface area contributed by atoms with Crippen molar-refractivity contribution in [1.82, 2.24) is 0 Å². The van der Waals surface area contributed by atoms with E-state index in [1.54, 1.807) is 19.9 Å². The molecule has 27 heavy (non-hydrogen) atoms. The molecule has 1 heterocycles. The molecule has 0 saturated heterocycles. The standard InChI is InChI=1S/C17H20N2O6S2/c1-5-25-17(21)16-10(2)8-15(26-16)19-27(22,23)12-6-7-13(18-11(3)20)14(9-12)24-4/h6-9,19H,5H2,1-4H3,(H,18,20). The Hall–Kier alpha value is -2.59. The summed E-state index contributed by atoms with van der Waals surface area (Å²) in [4.78, 5) is 23.4. The first-order valence-corrected chi connectivity index (χ1v) is 10.2. The van der Waals surface area contributed by atoms with Gasteiger partial charge in [0, 0.05) is 13.0 Å². The maximum absolute atomic E-state index is 12.7. The maximum atomic E-state index is 12.7. The molecular formula is C17H20N2O6S2. The highest BCUT2D eigenvalue weighted by molar-refractivity contribution is 7.93. The number of nitrogens with one attached hydrogen (secondary N) is 2. The average Bonchev–Trinajstić information content (AvgIpc) is 2.94. The fourth-order valence-electron chi connectivity index (χ4n) is 2.25. The molecule has 0 saturated carbocycles. The number of amides is 1. The number of esters is 1. The van der Waals surface area contributed by atoms with Crippen LogP contribution in [-0.4, -0.2) is 34.0 Å². The highest BCUT2D eigenvalue weighted by Crippen LogP contribution is 2.32. The molecule has 0 radical (unpaired) electrons. The number of carbonyl (C=O) groups excluding carboxylic acids is 2. The normalized spacial score (nSPS) is 11.0. The lowest BCUT2D eigenvalue weighted by Gasteiger charge is -2.12. The van der Waals surface area contributed by atoms with Gasteiger partial charge in [-0.05, 0) is 37.6 Å². The summed E-state index contributed by atoms with van der Waals surface area (Å²) in [5, 5.41) is 2.85. The fraction of sp³-hybridized carbons (Fsp3) is 0.294. The Kier molecular flexibility index (Phi) is 6.45. The molecule has 1 amide bonds. The average molecular weight is 412 g/mol. The van der Waals surface area contributed by atoms with Gasteiger partial charge in [0.1, 0.15) is 15.6 Å². The topological polar surface area (TPSA) is 111 Å². The van der Waals surface area contributed by atoms with Crippen LogP contribution >= 0.6 is 11.3 Å². The van der Waals surface area contributed by atoms with E-state index in [9.17, 15) is 18.0 Å². The lowest BCUT2D eigenvalue weighted by molar-refractivity contribution is -0.114. The number of carbonyl (C=O) groups is 2. The molecule has 1 aromatic carbocycles. The number of ether oxygens (including phenoxy) is 2. The molecule has 0 unspecified atom stereocenters. The van der Waals surface area contributed by atoms with Gasteiger partial charge in [-0.1, -0.05) is 0 Å². The van der Waals surface area contributed by atoms with Crippen LogP contribution in [0.2, 0.25) is 0 Å². The minimum absolute atomic E-state index is 0.0443. The highest BCUT2D eigenvalue weighted by Gasteiger charge is 2.21.